The van der Waals surface area contributed by atoms with E-state index < -0.39 is 5.92 Å². The first kappa shape index (κ1) is 19.1. The molecule has 0 saturated heterocycles. The van der Waals surface area contributed by atoms with E-state index in [1.807, 2.05) is 31.2 Å². The van der Waals surface area contributed by atoms with Crippen LogP contribution in [0.25, 0.3) is 0 Å². The number of H-pyrrole nitrogens is 1. The van der Waals surface area contributed by atoms with Gasteiger partial charge in [-0.15, -0.1) is 0 Å². The van der Waals surface area contributed by atoms with Gasteiger partial charge in [-0.2, -0.15) is 5.10 Å². The summed E-state index contributed by atoms with van der Waals surface area (Å²) in [7, 11) is 0. The minimum Gasteiger partial charge on any atom is -0.493 e. The highest BCUT2D eigenvalue weighted by atomic mass is 16.5. The summed E-state index contributed by atoms with van der Waals surface area (Å²) in [5.41, 5.74) is 2.71. The molecule has 0 radical (unpaired) electrons. The van der Waals surface area contributed by atoms with Gasteiger partial charge in [-0.25, -0.2) is 4.99 Å². The number of aliphatic imine (C=N–C) groups is 1. The predicted molar refractivity (Wildman–Crippen MR) is 105 cm³/mol. The largest absolute Gasteiger partial charge is 0.493 e. The number of esters is 1. The lowest BCUT2D eigenvalue weighted by Gasteiger charge is -2.31. The van der Waals surface area contributed by atoms with Gasteiger partial charge in [0, 0.05) is 22.8 Å². The lowest BCUT2D eigenvalue weighted by molar-refractivity contribution is -0.146. The Labute approximate surface area is 160 Å². The molecular weight excluding hydrogens is 342 g/mol. The molecule has 144 valence electrons. The second kappa shape index (κ2) is 8.84. The van der Waals surface area contributed by atoms with Crippen LogP contribution in [0.5, 0.6) is 5.75 Å². The van der Waals surface area contributed by atoms with Crippen molar-refractivity contribution in [3.63, 3.8) is 0 Å². The van der Waals surface area contributed by atoms with Gasteiger partial charge in [0.05, 0.1) is 19.4 Å². The van der Waals surface area contributed by atoms with Gasteiger partial charge in [0.2, 0.25) is 0 Å². The van der Waals surface area contributed by atoms with Gasteiger partial charge in [-0.1, -0.05) is 38.5 Å². The summed E-state index contributed by atoms with van der Waals surface area (Å²) >= 11 is 0. The van der Waals surface area contributed by atoms with Gasteiger partial charge in [0.1, 0.15) is 11.7 Å². The Morgan fingerprint density at radius 1 is 1.15 bits per heavy atom. The quantitative estimate of drug-likeness (QED) is 0.700. The summed E-state index contributed by atoms with van der Waals surface area (Å²) in [5, 5.41) is 7.15. The Morgan fingerprint density at radius 3 is 2.70 bits per heavy atom. The molecule has 1 aromatic carbocycles. The van der Waals surface area contributed by atoms with Crippen LogP contribution < -0.4 is 4.74 Å². The molecule has 0 saturated carbocycles. The van der Waals surface area contributed by atoms with Crippen molar-refractivity contribution in [2.24, 2.45) is 10.9 Å². The maximum absolute atomic E-state index is 12.9. The summed E-state index contributed by atoms with van der Waals surface area (Å²) in [5.74, 6) is 0.566. The number of para-hydroxylation sites is 1. The lowest BCUT2D eigenvalue weighted by Crippen LogP contribution is -2.34. The van der Waals surface area contributed by atoms with E-state index in [-0.39, 0.29) is 11.9 Å². The number of ether oxygens (including phenoxy) is 2. The van der Waals surface area contributed by atoms with E-state index in [0.29, 0.717) is 19.0 Å². The fraction of sp³-hybridized carbons (Fsp3) is 0.476. The summed E-state index contributed by atoms with van der Waals surface area (Å²) < 4.78 is 11.4. The Hall–Kier alpha value is -2.63. The van der Waals surface area contributed by atoms with Gasteiger partial charge in [0.15, 0.2) is 5.82 Å². The van der Waals surface area contributed by atoms with E-state index in [1.165, 1.54) is 0 Å². The van der Waals surface area contributed by atoms with E-state index in [1.54, 1.807) is 6.20 Å². The second-order valence-electron chi connectivity index (χ2n) is 6.62. The molecule has 27 heavy (non-hydrogen) atoms. The zero-order chi connectivity index (χ0) is 19.2. The molecule has 1 aliphatic heterocycles. The highest BCUT2D eigenvalue weighted by Crippen LogP contribution is 2.45. The number of carbonyl (C=O) groups is 1. The van der Waals surface area contributed by atoms with Gasteiger partial charge in [-0.05, 0) is 25.8 Å². The van der Waals surface area contributed by atoms with Crippen LogP contribution in [0.15, 0.2) is 35.5 Å². The molecule has 2 atom stereocenters. The number of hydrogen-bond acceptors (Lipinski definition) is 5. The third kappa shape index (κ3) is 3.89. The Morgan fingerprint density at radius 2 is 1.96 bits per heavy atom. The predicted octanol–water partition coefficient (Wildman–Crippen LogP) is 4.40. The summed E-state index contributed by atoms with van der Waals surface area (Å²) in [6.45, 7) is 6.95. The average Bonchev–Trinajstić information content (AvgIpc) is 3.14. The molecule has 0 spiro atoms. The molecule has 0 fully saturated rings. The van der Waals surface area contributed by atoms with Gasteiger partial charge < -0.3 is 9.47 Å². The van der Waals surface area contributed by atoms with Gasteiger partial charge in [-0.3, -0.25) is 9.89 Å². The number of nitrogens with zero attached hydrogens (tertiary/aromatic N) is 2. The van der Waals surface area contributed by atoms with Crippen molar-refractivity contribution in [1.29, 1.82) is 0 Å². The molecule has 2 unspecified atom stereocenters. The topological polar surface area (TPSA) is 76.6 Å². The molecule has 2 aromatic rings. The highest BCUT2D eigenvalue weighted by Gasteiger charge is 2.41. The maximum Gasteiger partial charge on any atom is 0.315 e. The molecule has 0 aliphatic carbocycles. The lowest BCUT2D eigenvalue weighted by atomic mass is 9.76. The maximum atomic E-state index is 12.9. The van der Waals surface area contributed by atoms with Gasteiger partial charge in [0.25, 0.3) is 0 Å². The van der Waals surface area contributed by atoms with E-state index >= 15 is 0 Å². The van der Waals surface area contributed by atoms with Crippen LogP contribution in [0.4, 0.5) is 5.82 Å². The highest BCUT2D eigenvalue weighted by molar-refractivity contribution is 6.06. The minimum absolute atomic E-state index is 0.232. The number of aromatic amines is 1. The fourth-order valence-electron chi connectivity index (χ4n) is 3.59. The van der Waals surface area contributed by atoms with E-state index in [4.69, 9.17) is 14.5 Å². The third-order valence-corrected chi connectivity index (χ3v) is 4.69. The molecule has 1 aliphatic rings. The summed E-state index contributed by atoms with van der Waals surface area (Å²) in [4.78, 5) is 17.7. The summed E-state index contributed by atoms with van der Waals surface area (Å²) in [6.07, 6.45) is 4.31. The standard InChI is InChI=1S/C21H27N3O3/c1-4-9-16-19(21(25)26-6-3)18(15-13-22-24-20(15)23-16)14-10-7-8-11-17(14)27-12-5-2/h7-8,10-11,13,18-19H,4-6,9,12H2,1-3H3,(H,22,24). The van der Waals surface area contributed by atoms with Crippen molar-refractivity contribution in [3.05, 3.63) is 41.6 Å². The average molecular weight is 369 g/mol. The Kier molecular flexibility index (Phi) is 6.27. The number of rotatable bonds is 8. The Bertz CT molecular complexity index is 813. The van der Waals surface area contributed by atoms with Crippen LogP contribution in [0.2, 0.25) is 0 Å². The van der Waals surface area contributed by atoms with Crippen molar-refractivity contribution in [1.82, 2.24) is 10.2 Å². The third-order valence-electron chi connectivity index (χ3n) is 4.69. The van der Waals surface area contributed by atoms with Crippen molar-refractivity contribution in [2.45, 2.75) is 46.0 Å². The van der Waals surface area contributed by atoms with Crippen LogP contribution in [-0.2, 0) is 9.53 Å². The molecule has 1 aromatic heterocycles. The van der Waals surface area contributed by atoms with Crippen LogP contribution in [0.1, 0.15) is 57.1 Å². The van der Waals surface area contributed by atoms with Crippen molar-refractivity contribution >= 4 is 17.5 Å². The van der Waals surface area contributed by atoms with Crippen molar-refractivity contribution < 1.29 is 14.3 Å². The molecule has 3 rings (SSSR count). The monoisotopic (exact) mass is 369 g/mol. The molecular formula is C21H27N3O3. The first-order valence-corrected chi connectivity index (χ1v) is 9.70. The zero-order valence-corrected chi connectivity index (χ0v) is 16.2. The summed E-state index contributed by atoms with van der Waals surface area (Å²) in [6, 6.07) is 7.90. The minimum atomic E-state index is -0.471. The van der Waals surface area contributed by atoms with E-state index in [0.717, 1.165) is 41.9 Å². The molecule has 2 heterocycles. The number of benzene rings is 1. The molecule has 0 amide bonds. The first-order chi connectivity index (χ1) is 13.2. The Balaban J connectivity index is 2.13. The van der Waals surface area contributed by atoms with Crippen molar-refractivity contribution in [2.75, 3.05) is 13.2 Å². The van der Waals surface area contributed by atoms with Crippen LogP contribution in [-0.4, -0.2) is 35.1 Å². The molecule has 1 N–H and O–H groups in total. The zero-order valence-electron chi connectivity index (χ0n) is 16.2. The number of carbonyl (C=O) groups excluding carboxylic acids is 1. The number of nitrogens with one attached hydrogen (secondary N) is 1. The SMILES string of the molecule is CCCOc1ccccc1C1c2cn[nH]c2N=C(CCC)C1C(=O)OCC. The smallest absolute Gasteiger partial charge is 0.315 e. The normalized spacial score (nSPS) is 18.6. The fourth-order valence-corrected chi connectivity index (χ4v) is 3.59. The van der Waals surface area contributed by atoms with Crippen LogP contribution >= 0.6 is 0 Å². The molecule has 6 nitrogen and oxygen atoms in total. The second-order valence-corrected chi connectivity index (χ2v) is 6.62. The van der Waals surface area contributed by atoms with Crippen molar-refractivity contribution in [3.8, 4) is 5.75 Å². The van der Waals surface area contributed by atoms with Crippen LogP contribution in [0, 0.1) is 5.92 Å². The molecule has 6 heteroatoms. The van der Waals surface area contributed by atoms with Crippen LogP contribution in [0.3, 0.4) is 0 Å². The van der Waals surface area contributed by atoms with E-state index in [9.17, 15) is 4.79 Å². The number of hydrogen-bond donors (Lipinski definition) is 1. The van der Waals surface area contributed by atoms with Gasteiger partial charge >= 0.3 is 5.97 Å². The number of aromatic nitrogens is 2. The molecule has 0 bridgehead atoms. The first-order valence-electron chi connectivity index (χ1n) is 9.70. The van der Waals surface area contributed by atoms with E-state index in [2.05, 4.69) is 24.0 Å². The number of fused-ring (bicyclic) bond motifs is 1.